The molecule has 0 bridgehead atoms. The first-order valence-corrected chi connectivity index (χ1v) is 7.68. The summed E-state index contributed by atoms with van der Waals surface area (Å²) in [4.78, 5) is 25.7. The lowest BCUT2D eigenvalue weighted by molar-refractivity contribution is -0.137. The molecule has 0 aliphatic carbocycles. The highest BCUT2D eigenvalue weighted by Crippen LogP contribution is 2.30. The monoisotopic (exact) mass is 365 g/mol. The fraction of sp³-hybridized carbons (Fsp3) is 0.222. The van der Waals surface area contributed by atoms with Crippen molar-refractivity contribution >= 4 is 23.2 Å². The highest BCUT2D eigenvalue weighted by atomic mass is 19.4. The molecule has 0 radical (unpaired) electrons. The summed E-state index contributed by atoms with van der Waals surface area (Å²) in [6.45, 7) is 0.181. The highest BCUT2D eigenvalue weighted by Gasteiger charge is 2.30. The van der Waals surface area contributed by atoms with Crippen molar-refractivity contribution in [3.05, 3.63) is 59.7 Å². The van der Waals surface area contributed by atoms with Crippen molar-refractivity contribution in [2.75, 3.05) is 31.3 Å². The molecule has 0 spiro atoms. The average Bonchev–Trinajstić information content (AvgIpc) is 2.53. The number of benzene rings is 2. The second-order valence-electron chi connectivity index (χ2n) is 5.90. The molecule has 0 aliphatic heterocycles. The molecule has 0 fully saturated rings. The van der Waals surface area contributed by atoms with Crippen LogP contribution in [0.3, 0.4) is 0 Å². The molecule has 0 aromatic heterocycles. The molecule has 0 unspecified atom stereocenters. The number of hydrogen-bond donors (Lipinski definition) is 2. The van der Waals surface area contributed by atoms with Gasteiger partial charge in [0.25, 0.3) is 5.91 Å². The summed E-state index contributed by atoms with van der Waals surface area (Å²) >= 11 is 0. The van der Waals surface area contributed by atoms with Crippen LogP contribution < -0.4 is 10.6 Å². The Bertz CT molecular complexity index is 804. The lowest BCUT2D eigenvalue weighted by Crippen LogP contribution is -2.27. The van der Waals surface area contributed by atoms with Gasteiger partial charge in [0.1, 0.15) is 0 Å². The fourth-order valence-corrected chi connectivity index (χ4v) is 2.20. The number of hydrogen-bond acceptors (Lipinski definition) is 3. The number of anilines is 2. The third kappa shape index (κ3) is 5.59. The Morgan fingerprint density at radius 2 is 1.58 bits per heavy atom. The van der Waals surface area contributed by atoms with E-state index in [9.17, 15) is 22.8 Å². The summed E-state index contributed by atoms with van der Waals surface area (Å²) in [6.07, 6.45) is -4.49. The predicted molar refractivity (Wildman–Crippen MR) is 93.0 cm³/mol. The summed E-state index contributed by atoms with van der Waals surface area (Å²) in [5.74, 6) is -0.821. The van der Waals surface area contributed by atoms with Crippen LogP contribution in [0.4, 0.5) is 24.5 Å². The van der Waals surface area contributed by atoms with Crippen molar-refractivity contribution in [1.82, 2.24) is 4.90 Å². The molecule has 138 valence electrons. The summed E-state index contributed by atoms with van der Waals surface area (Å²) in [7, 11) is 3.50. The highest BCUT2D eigenvalue weighted by molar-refractivity contribution is 6.05. The van der Waals surface area contributed by atoms with Crippen molar-refractivity contribution in [2.45, 2.75) is 6.18 Å². The van der Waals surface area contributed by atoms with Crippen LogP contribution in [0.1, 0.15) is 15.9 Å². The van der Waals surface area contributed by atoms with Gasteiger partial charge >= 0.3 is 6.18 Å². The van der Waals surface area contributed by atoms with Crippen LogP contribution >= 0.6 is 0 Å². The molecule has 0 aliphatic rings. The first kappa shape index (κ1) is 19.5. The van der Waals surface area contributed by atoms with Crippen LogP contribution in [-0.2, 0) is 11.0 Å². The second kappa shape index (κ2) is 8.01. The molecule has 2 N–H and O–H groups in total. The van der Waals surface area contributed by atoms with E-state index in [1.54, 1.807) is 31.1 Å². The third-order valence-corrected chi connectivity index (χ3v) is 3.32. The topological polar surface area (TPSA) is 61.4 Å². The molecular formula is C18H18F3N3O2. The molecule has 8 heteroatoms. The first-order valence-electron chi connectivity index (χ1n) is 7.68. The number of likely N-dealkylation sites (N-methyl/N-ethyl adjacent to an activating group) is 1. The van der Waals surface area contributed by atoms with E-state index in [4.69, 9.17) is 0 Å². The van der Waals surface area contributed by atoms with Crippen LogP contribution in [0.25, 0.3) is 0 Å². The van der Waals surface area contributed by atoms with Gasteiger partial charge in [0.15, 0.2) is 0 Å². The van der Waals surface area contributed by atoms with E-state index in [-0.39, 0.29) is 23.7 Å². The van der Waals surface area contributed by atoms with Crippen LogP contribution in [-0.4, -0.2) is 37.4 Å². The molecule has 2 rings (SSSR count). The summed E-state index contributed by atoms with van der Waals surface area (Å²) < 4.78 is 38.2. The van der Waals surface area contributed by atoms with E-state index in [0.717, 1.165) is 12.1 Å². The molecule has 2 aromatic carbocycles. The average molecular weight is 365 g/mol. The molecule has 26 heavy (non-hydrogen) atoms. The standard InChI is InChI=1S/C18H18F3N3O2/c1-24(2)11-16(25)22-14-7-3-5-12(9-14)17(26)23-15-8-4-6-13(10-15)18(19,20)21/h3-10H,11H2,1-2H3,(H,22,25)(H,23,26). The maximum Gasteiger partial charge on any atom is 0.416 e. The number of carbonyl (C=O) groups excluding carboxylic acids is 2. The van der Waals surface area contributed by atoms with Crippen molar-refractivity contribution in [3.8, 4) is 0 Å². The largest absolute Gasteiger partial charge is 0.416 e. The molecule has 0 heterocycles. The lowest BCUT2D eigenvalue weighted by atomic mass is 10.1. The predicted octanol–water partition coefficient (Wildman–Crippen LogP) is 3.46. The SMILES string of the molecule is CN(C)CC(=O)Nc1cccc(C(=O)Nc2cccc(C(F)(F)F)c2)c1. The van der Waals surface area contributed by atoms with E-state index >= 15 is 0 Å². The number of rotatable bonds is 5. The molecule has 2 amide bonds. The maximum absolute atomic E-state index is 12.7. The number of nitrogens with zero attached hydrogens (tertiary/aromatic N) is 1. The zero-order valence-electron chi connectivity index (χ0n) is 14.2. The lowest BCUT2D eigenvalue weighted by Gasteiger charge is -2.12. The van der Waals surface area contributed by atoms with Gasteiger partial charge < -0.3 is 15.5 Å². The number of amides is 2. The molecule has 5 nitrogen and oxygen atoms in total. The van der Waals surface area contributed by atoms with E-state index < -0.39 is 17.6 Å². The van der Waals surface area contributed by atoms with Crippen molar-refractivity contribution in [2.24, 2.45) is 0 Å². The Morgan fingerprint density at radius 1 is 0.962 bits per heavy atom. The molecular weight excluding hydrogens is 347 g/mol. The van der Waals surface area contributed by atoms with Crippen molar-refractivity contribution in [3.63, 3.8) is 0 Å². The van der Waals surface area contributed by atoms with Gasteiger partial charge in [0.05, 0.1) is 12.1 Å². The molecule has 0 saturated carbocycles. The molecule has 0 saturated heterocycles. The Kier molecular flexibility index (Phi) is 5.99. The minimum Gasteiger partial charge on any atom is -0.325 e. The quantitative estimate of drug-likeness (QED) is 0.853. The number of halogens is 3. The van der Waals surface area contributed by atoms with Gasteiger partial charge in [0.2, 0.25) is 5.91 Å². The minimum absolute atomic E-state index is 0.0341. The molecule has 2 aromatic rings. The minimum atomic E-state index is -4.49. The Hall–Kier alpha value is -2.87. The summed E-state index contributed by atoms with van der Waals surface area (Å²) in [5, 5.41) is 5.08. The second-order valence-corrected chi connectivity index (χ2v) is 5.90. The first-order chi connectivity index (χ1) is 12.1. The van der Waals surface area contributed by atoms with Gasteiger partial charge in [-0.1, -0.05) is 12.1 Å². The van der Waals surface area contributed by atoms with Gasteiger partial charge in [-0.25, -0.2) is 0 Å². The van der Waals surface area contributed by atoms with Gasteiger partial charge in [-0.3, -0.25) is 9.59 Å². The fourth-order valence-electron chi connectivity index (χ4n) is 2.20. The normalized spacial score (nSPS) is 11.3. The smallest absolute Gasteiger partial charge is 0.325 e. The van der Waals surface area contributed by atoms with Gasteiger partial charge in [0, 0.05) is 16.9 Å². The van der Waals surface area contributed by atoms with Crippen LogP contribution in [0, 0.1) is 0 Å². The number of nitrogens with one attached hydrogen (secondary N) is 2. The van der Waals surface area contributed by atoms with Crippen molar-refractivity contribution in [1.29, 1.82) is 0 Å². The van der Waals surface area contributed by atoms with E-state index in [1.165, 1.54) is 24.3 Å². The van der Waals surface area contributed by atoms with Crippen LogP contribution in [0.2, 0.25) is 0 Å². The molecule has 0 atom stereocenters. The van der Waals surface area contributed by atoms with Crippen LogP contribution in [0.5, 0.6) is 0 Å². The van der Waals surface area contributed by atoms with Gasteiger partial charge in [-0.2, -0.15) is 13.2 Å². The van der Waals surface area contributed by atoms with E-state index in [0.29, 0.717) is 5.69 Å². The zero-order chi connectivity index (χ0) is 19.3. The summed E-state index contributed by atoms with van der Waals surface area (Å²) in [5.41, 5.74) is -0.175. The Labute approximate surface area is 148 Å². The maximum atomic E-state index is 12.7. The zero-order valence-corrected chi connectivity index (χ0v) is 14.2. The van der Waals surface area contributed by atoms with Gasteiger partial charge in [-0.05, 0) is 50.5 Å². The summed E-state index contributed by atoms with van der Waals surface area (Å²) in [6, 6.07) is 10.5. The van der Waals surface area contributed by atoms with Crippen molar-refractivity contribution < 1.29 is 22.8 Å². The Morgan fingerprint density at radius 3 is 2.19 bits per heavy atom. The van der Waals surface area contributed by atoms with E-state index in [1.807, 2.05) is 0 Å². The Balaban J connectivity index is 2.11. The van der Waals surface area contributed by atoms with Gasteiger partial charge in [-0.15, -0.1) is 0 Å². The van der Waals surface area contributed by atoms with Crippen LogP contribution in [0.15, 0.2) is 48.5 Å². The third-order valence-electron chi connectivity index (χ3n) is 3.32. The number of alkyl halides is 3. The number of carbonyl (C=O) groups is 2. The van der Waals surface area contributed by atoms with E-state index in [2.05, 4.69) is 10.6 Å².